The molecule has 0 aliphatic rings. The summed E-state index contributed by atoms with van der Waals surface area (Å²) in [5.74, 6) is 0.536. The lowest BCUT2D eigenvalue weighted by atomic mass is 10.1. The van der Waals surface area contributed by atoms with E-state index in [0.29, 0.717) is 19.5 Å². The van der Waals surface area contributed by atoms with Gasteiger partial charge in [-0.15, -0.1) is 0 Å². The van der Waals surface area contributed by atoms with Gasteiger partial charge in [0, 0.05) is 56.7 Å². The number of nitrogens with zero attached hydrogens (tertiary/aromatic N) is 4. The molecule has 3 aromatic rings. The summed E-state index contributed by atoms with van der Waals surface area (Å²) in [5, 5.41) is 13.0. The molecule has 0 radical (unpaired) electrons. The molecule has 0 bridgehead atoms. The van der Waals surface area contributed by atoms with Gasteiger partial charge in [0.1, 0.15) is 11.5 Å². The minimum absolute atomic E-state index is 0.0841. The smallest absolute Gasteiger partial charge is 0.227 e. The van der Waals surface area contributed by atoms with Crippen molar-refractivity contribution in [2.45, 2.75) is 32.1 Å². The molecule has 2 amide bonds. The molecular weight excluding hydrogens is 416 g/mol. The quantitative estimate of drug-likeness (QED) is 0.435. The van der Waals surface area contributed by atoms with Crippen molar-refractivity contribution in [1.82, 2.24) is 10.1 Å². The fourth-order valence-corrected chi connectivity index (χ4v) is 3.50. The number of amides is 2. The zero-order valence-electron chi connectivity index (χ0n) is 18.8. The van der Waals surface area contributed by atoms with E-state index in [-0.39, 0.29) is 31.1 Å². The molecule has 0 unspecified atom stereocenters. The number of para-hydroxylation sites is 1. The number of aromatic nitrogens is 1. The summed E-state index contributed by atoms with van der Waals surface area (Å²) in [5.41, 5.74) is 2.54. The average Bonchev–Trinajstić information content (AvgIpc) is 3.33. The molecule has 3 rings (SSSR count). The lowest BCUT2D eigenvalue weighted by Crippen LogP contribution is -2.34. The van der Waals surface area contributed by atoms with Gasteiger partial charge < -0.3 is 14.3 Å². The molecule has 0 N–H and O–H groups in total. The van der Waals surface area contributed by atoms with Gasteiger partial charge in [-0.25, -0.2) is 0 Å². The molecule has 7 nitrogen and oxygen atoms in total. The van der Waals surface area contributed by atoms with Gasteiger partial charge in [-0.3, -0.25) is 9.59 Å². The monoisotopic (exact) mass is 444 g/mol. The molecule has 0 saturated heterocycles. The van der Waals surface area contributed by atoms with Crippen LogP contribution >= 0.6 is 0 Å². The minimum Gasteiger partial charge on any atom is -0.361 e. The van der Waals surface area contributed by atoms with E-state index in [1.807, 2.05) is 66.7 Å². The first-order chi connectivity index (χ1) is 16.1. The standard InChI is InChI=1S/C26H28N4O3/c1-29(18-8-14-23-20-24(28-33-23)21-10-4-2-5-11-21)25(31)15-16-26(32)30(19-9-17-27)22-12-6-3-7-13-22/h2-7,10-13,20H,8-9,14-16,18-19H2,1H3. The Labute approximate surface area is 194 Å². The van der Waals surface area contributed by atoms with Gasteiger partial charge in [-0.2, -0.15) is 5.26 Å². The number of benzene rings is 2. The van der Waals surface area contributed by atoms with Crippen LogP contribution < -0.4 is 4.90 Å². The maximum atomic E-state index is 12.7. The van der Waals surface area contributed by atoms with Crippen LogP contribution in [0.5, 0.6) is 0 Å². The topological polar surface area (TPSA) is 90.4 Å². The van der Waals surface area contributed by atoms with Crippen molar-refractivity contribution in [2.24, 2.45) is 0 Å². The molecule has 7 heteroatoms. The van der Waals surface area contributed by atoms with Gasteiger partial charge in [0.05, 0.1) is 12.5 Å². The second-order valence-electron chi connectivity index (χ2n) is 7.75. The Hall–Kier alpha value is -3.92. The zero-order chi connectivity index (χ0) is 23.5. The minimum atomic E-state index is -0.159. The molecule has 170 valence electrons. The van der Waals surface area contributed by atoms with Gasteiger partial charge in [0.15, 0.2) is 0 Å². The highest BCUT2D eigenvalue weighted by Gasteiger charge is 2.18. The zero-order valence-corrected chi connectivity index (χ0v) is 18.8. The van der Waals surface area contributed by atoms with E-state index < -0.39 is 0 Å². The lowest BCUT2D eigenvalue weighted by molar-refractivity contribution is -0.132. The Morgan fingerprint density at radius 1 is 0.970 bits per heavy atom. The molecule has 2 aromatic carbocycles. The van der Waals surface area contributed by atoms with Crippen LogP contribution in [0.1, 0.15) is 31.4 Å². The van der Waals surface area contributed by atoms with Crippen molar-refractivity contribution >= 4 is 17.5 Å². The molecule has 0 saturated carbocycles. The number of hydrogen-bond acceptors (Lipinski definition) is 5. The normalized spacial score (nSPS) is 10.4. The highest BCUT2D eigenvalue weighted by atomic mass is 16.5. The number of aryl methyl sites for hydroxylation is 1. The van der Waals surface area contributed by atoms with E-state index in [0.717, 1.165) is 29.1 Å². The predicted molar refractivity (Wildman–Crippen MR) is 126 cm³/mol. The van der Waals surface area contributed by atoms with Crippen LogP contribution in [0.4, 0.5) is 5.69 Å². The van der Waals surface area contributed by atoms with Gasteiger partial charge in [-0.05, 0) is 18.6 Å². The van der Waals surface area contributed by atoms with E-state index in [2.05, 4.69) is 11.2 Å². The van der Waals surface area contributed by atoms with Gasteiger partial charge >= 0.3 is 0 Å². The fourth-order valence-electron chi connectivity index (χ4n) is 3.50. The van der Waals surface area contributed by atoms with E-state index in [9.17, 15) is 9.59 Å². The van der Waals surface area contributed by atoms with Crippen molar-refractivity contribution in [2.75, 3.05) is 25.0 Å². The summed E-state index contributed by atoms with van der Waals surface area (Å²) >= 11 is 0. The van der Waals surface area contributed by atoms with Crippen molar-refractivity contribution < 1.29 is 14.1 Å². The summed E-state index contributed by atoms with van der Waals surface area (Å²) in [4.78, 5) is 28.5. The van der Waals surface area contributed by atoms with Gasteiger partial charge in [-0.1, -0.05) is 53.7 Å². The number of rotatable bonds is 11. The van der Waals surface area contributed by atoms with Crippen LogP contribution in [0.3, 0.4) is 0 Å². The first-order valence-corrected chi connectivity index (χ1v) is 11.1. The van der Waals surface area contributed by atoms with Crippen LogP contribution in [0, 0.1) is 11.3 Å². The first kappa shape index (κ1) is 23.7. The number of carbonyl (C=O) groups is 2. The molecule has 0 fully saturated rings. The van der Waals surface area contributed by atoms with Crippen LogP contribution in [0.15, 0.2) is 71.3 Å². The van der Waals surface area contributed by atoms with E-state index in [1.54, 1.807) is 16.8 Å². The SMILES string of the molecule is CN(CCCc1cc(-c2ccccc2)no1)C(=O)CCC(=O)N(CCC#N)c1ccccc1. The molecule has 1 heterocycles. The predicted octanol–water partition coefficient (Wildman–Crippen LogP) is 4.46. The Morgan fingerprint density at radius 2 is 1.64 bits per heavy atom. The number of anilines is 1. The Morgan fingerprint density at radius 3 is 2.33 bits per heavy atom. The first-order valence-electron chi connectivity index (χ1n) is 11.1. The van der Waals surface area contributed by atoms with E-state index >= 15 is 0 Å². The molecule has 1 aromatic heterocycles. The van der Waals surface area contributed by atoms with Crippen LogP contribution in [0.25, 0.3) is 11.3 Å². The second-order valence-corrected chi connectivity index (χ2v) is 7.75. The van der Waals surface area contributed by atoms with E-state index in [4.69, 9.17) is 9.78 Å². The maximum absolute atomic E-state index is 12.7. The third-order valence-corrected chi connectivity index (χ3v) is 5.34. The molecule has 0 atom stereocenters. The molecule has 0 spiro atoms. The molecule has 33 heavy (non-hydrogen) atoms. The summed E-state index contributed by atoms with van der Waals surface area (Å²) < 4.78 is 5.41. The Balaban J connectivity index is 1.44. The highest BCUT2D eigenvalue weighted by molar-refractivity contribution is 5.95. The average molecular weight is 445 g/mol. The van der Waals surface area contributed by atoms with Gasteiger partial charge in [0.25, 0.3) is 0 Å². The maximum Gasteiger partial charge on any atom is 0.227 e. The fraction of sp³-hybridized carbons (Fsp3) is 0.308. The summed E-state index contributed by atoms with van der Waals surface area (Å²) in [6, 6.07) is 23.0. The van der Waals surface area contributed by atoms with Gasteiger partial charge in [0.2, 0.25) is 11.8 Å². The molecule has 0 aliphatic heterocycles. The summed E-state index contributed by atoms with van der Waals surface area (Å²) in [7, 11) is 1.74. The molecular formula is C26H28N4O3. The largest absolute Gasteiger partial charge is 0.361 e. The van der Waals surface area contributed by atoms with Crippen LogP contribution in [-0.4, -0.2) is 42.0 Å². The lowest BCUT2D eigenvalue weighted by Gasteiger charge is -2.22. The number of nitriles is 1. The van der Waals surface area contributed by atoms with Crippen molar-refractivity contribution in [1.29, 1.82) is 5.26 Å². The van der Waals surface area contributed by atoms with Crippen molar-refractivity contribution in [3.63, 3.8) is 0 Å². The Bertz CT molecular complexity index is 1070. The third-order valence-electron chi connectivity index (χ3n) is 5.34. The second kappa shape index (κ2) is 12.2. The van der Waals surface area contributed by atoms with Crippen LogP contribution in [0.2, 0.25) is 0 Å². The van der Waals surface area contributed by atoms with Crippen molar-refractivity contribution in [3.05, 3.63) is 72.5 Å². The summed E-state index contributed by atoms with van der Waals surface area (Å²) in [6.07, 6.45) is 1.88. The summed E-state index contributed by atoms with van der Waals surface area (Å²) in [6.45, 7) is 0.872. The molecule has 0 aliphatic carbocycles. The number of carbonyl (C=O) groups excluding carboxylic acids is 2. The number of hydrogen-bond donors (Lipinski definition) is 0. The Kier molecular flexibility index (Phi) is 8.78. The van der Waals surface area contributed by atoms with Crippen LogP contribution in [-0.2, 0) is 16.0 Å². The van der Waals surface area contributed by atoms with E-state index in [1.165, 1.54) is 0 Å². The third kappa shape index (κ3) is 7.04. The highest BCUT2D eigenvalue weighted by Crippen LogP contribution is 2.19. The van der Waals surface area contributed by atoms with Crippen molar-refractivity contribution in [3.8, 4) is 17.3 Å².